The minimum atomic E-state index is -0.571. The fraction of sp³-hybridized carbons (Fsp3) is 0.368. The molecule has 0 bridgehead atoms. The van der Waals surface area contributed by atoms with Crippen LogP contribution >= 0.6 is 0 Å². The Balaban J connectivity index is 2.10. The molecule has 2 aromatic carbocycles. The lowest BCUT2D eigenvalue weighted by Crippen LogP contribution is -3.14. The van der Waals surface area contributed by atoms with Crippen molar-refractivity contribution in [2.24, 2.45) is 0 Å². The molecule has 2 rings (SSSR count). The van der Waals surface area contributed by atoms with Crippen LogP contribution in [0.15, 0.2) is 60.7 Å². The zero-order valence-electron chi connectivity index (χ0n) is 13.9. The summed E-state index contributed by atoms with van der Waals surface area (Å²) in [6, 6.07) is 19.9. The summed E-state index contributed by atoms with van der Waals surface area (Å²) < 4.78 is 0. The van der Waals surface area contributed by atoms with E-state index < -0.39 is 6.10 Å². The molecule has 130 valence electrons. The Morgan fingerprint density at radius 2 is 1.25 bits per heavy atom. The highest BCUT2D eigenvalue weighted by molar-refractivity contribution is 5.62. The van der Waals surface area contributed by atoms with Gasteiger partial charge in [-0.3, -0.25) is 0 Å². The van der Waals surface area contributed by atoms with Crippen molar-refractivity contribution in [2.75, 3.05) is 44.3 Å². The molecule has 2 aromatic rings. The molecule has 0 radical (unpaired) electrons. The lowest BCUT2D eigenvalue weighted by Gasteiger charge is -2.29. The molecule has 0 amide bonds. The van der Waals surface area contributed by atoms with Gasteiger partial charge in [-0.2, -0.15) is 0 Å². The van der Waals surface area contributed by atoms with Crippen molar-refractivity contribution in [3.05, 3.63) is 60.7 Å². The Labute approximate surface area is 143 Å². The van der Waals surface area contributed by atoms with E-state index in [0.717, 1.165) is 16.3 Å². The smallest absolute Gasteiger partial charge is 0.121 e. The molecule has 0 aliphatic heterocycles. The molecular weight excluding hydrogens is 304 g/mol. The number of hydrogen-bond acceptors (Lipinski definition) is 4. The highest BCUT2D eigenvalue weighted by Crippen LogP contribution is 2.24. The minimum absolute atomic E-state index is 0.0448. The fourth-order valence-electron chi connectivity index (χ4n) is 2.83. The first-order valence-corrected chi connectivity index (χ1v) is 8.35. The number of benzene rings is 2. The van der Waals surface area contributed by atoms with Gasteiger partial charge in [-0.15, -0.1) is 0 Å². The first kappa shape index (κ1) is 18.4. The van der Waals surface area contributed by atoms with Crippen molar-refractivity contribution in [1.29, 1.82) is 0 Å². The molecule has 4 N–H and O–H groups in total. The van der Waals surface area contributed by atoms with Gasteiger partial charge in [0.05, 0.1) is 19.8 Å². The van der Waals surface area contributed by atoms with Crippen molar-refractivity contribution in [2.45, 2.75) is 6.10 Å². The van der Waals surface area contributed by atoms with Gasteiger partial charge in [-0.25, -0.2) is 0 Å². The summed E-state index contributed by atoms with van der Waals surface area (Å²) in [5.41, 5.74) is 2.04. The summed E-state index contributed by atoms with van der Waals surface area (Å²) in [6.45, 7) is 2.07. The second kappa shape index (κ2) is 10.1. The number of nitrogens with one attached hydrogen (secondary N) is 1. The average molecular weight is 331 g/mol. The van der Waals surface area contributed by atoms with E-state index in [0.29, 0.717) is 26.2 Å². The number of quaternary nitrogens is 1. The standard InChI is InChI=1S/C19H26N2O3/c22-13-11-20(12-14-23)15-19(24)16-21(17-7-3-1-4-8-17)18-9-5-2-6-10-18/h1-10,19,22-24H,11-16H2/p+1/t19-/m1/s1. The van der Waals surface area contributed by atoms with Gasteiger partial charge in [0.15, 0.2) is 0 Å². The molecule has 24 heavy (non-hydrogen) atoms. The lowest BCUT2D eigenvalue weighted by atomic mass is 10.2. The number of anilines is 2. The summed E-state index contributed by atoms with van der Waals surface area (Å²) in [6.07, 6.45) is -0.571. The molecule has 0 aliphatic rings. The van der Waals surface area contributed by atoms with E-state index in [2.05, 4.69) is 4.90 Å². The van der Waals surface area contributed by atoms with E-state index in [9.17, 15) is 5.11 Å². The van der Waals surface area contributed by atoms with Crippen LogP contribution in [0.5, 0.6) is 0 Å². The first-order chi connectivity index (χ1) is 11.7. The highest BCUT2D eigenvalue weighted by Gasteiger charge is 2.19. The molecule has 0 aromatic heterocycles. The van der Waals surface area contributed by atoms with Crippen molar-refractivity contribution in [3.8, 4) is 0 Å². The Bertz CT molecular complexity index is 520. The second-order valence-electron chi connectivity index (χ2n) is 5.84. The van der Waals surface area contributed by atoms with Crippen molar-refractivity contribution >= 4 is 11.4 Å². The summed E-state index contributed by atoms with van der Waals surface area (Å²) in [5, 5.41) is 28.8. The number of aliphatic hydroxyl groups excluding tert-OH is 3. The summed E-state index contributed by atoms with van der Waals surface area (Å²) in [4.78, 5) is 3.08. The fourth-order valence-corrected chi connectivity index (χ4v) is 2.83. The van der Waals surface area contributed by atoms with Crippen LogP contribution in [0.3, 0.4) is 0 Å². The lowest BCUT2D eigenvalue weighted by molar-refractivity contribution is -0.903. The van der Waals surface area contributed by atoms with Crippen LogP contribution in [-0.2, 0) is 0 Å². The summed E-state index contributed by atoms with van der Waals surface area (Å²) >= 11 is 0. The Morgan fingerprint density at radius 1 is 0.792 bits per heavy atom. The quantitative estimate of drug-likeness (QED) is 0.497. The number of nitrogens with zero attached hydrogens (tertiary/aromatic N) is 1. The molecule has 0 unspecified atom stereocenters. The first-order valence-electron chi connectivity index (χ1n) is 8.35. The molecule has 5 nitrogen and oxygen atoms in total. The number of aliphatic hydroxyl groups is 3. The molecule has 0 aliphatic carbocycles. The predicted molar refractivity (Wildman–Crippen MR) is 95.6 cm³/mol. The summed E-state index contributed by atoms with van der Waals surface area (Å²) in [7, 11) is 0. The van der Waals surface area contributed by atoms with E-state index in [1.165, 1.54) is 0 Å². The molecule has 5 heteroatoms. The molecule has 0 heterocycles. The van der Waals surface area contributed by atoms with Gasteiger partial charge < -0.3 is 25.1 Å². The Kier molecular flexibility index (Phi) is 7.71. The number of rotatable bonds is 10. The normalized spacial score (nSPS) is 12.3. The van der Waals surface area contributed by atoms with Crippen molar-refractivity contribution in [3.63, 3.8) is 0 Å². The van der Waals surface area contributed by atoms with Crippen LogP contribution in [0.1, 0.15) is 0 Å². The zero-order chi connectivity index (χ0) is 17.2. The maximum atomic E-state index is 10.5. The molecule has 1 atom stereocenters. The summed E-state index contributed by atoms with van der Waals surface area (Å²) in [5.74, 6) is 0. The topological polar surface area (TPSA) is 68.4 Å². The van der Waals surface area contributed by atoms with Crippen LogP contribution in [0.2, 0.25) is 0 Å². The van der Waals surface area contributed by atoms with Gasteiger partial charge in [0.2, 0.25) is 0 Å². The van der Waals surface area contributed by atoms with E-state index in [1.807, 2.05) is 60.7 Å². The van der Waals surface area contributed by atoms with Gasteiger partial charge >= 0.3 is 0 Å². The van der Waals surface area contributed by atoms with Crippen LogP contribution < -0.4 is 9.80 Å². The maximum Gasteiger partial charge on any atom is 0.121 e. The molecular formula is C19H27N2O3+. The third-order valence-corrected chi connectivity index (χ3v) is 3.98. The largest absolute Gasteiger partial charge is 0.391 e. The number of hydrogen-bond donors (Lipinski definition) is 4. The maximum absolute atomic E-state index is 10.5. The van der Waals surface area contributed by atoms with E-state index in [4.69, 9.17) is 10.2 Å². The van der Waals surface area contributed by atoms with Gasteiger partial charge in [-0.05, 0) is 24.3 Å². The molecule has 0 spiro atoms. The minimum Gasteiger partial charge on any atom is -0.391 e. The third kappa shape index (κ3) is 5.62. The molecule has 0 fully saturated rings. The van der Waals surface area contributed by atoms with Gasteiger partial charge in [-0.1, -0.05) is 36.4 Å². The SMILES string of the molecule is OCC[NH+](CCO)C[C@@H](O)CN(c1ccccc1)c1ccccc1. The van der Waals surface area contributed by atoms with E-state index in [-0.39, 0.29) is 13.2 Å². The van der Waals surface area contributed by atoms with E-state index in [1.54, 1.807) is 0 Å². The Morgan fingerprint density at radius 3 is 1.67 bits per heavy atom. The van der Waals surface area contributed by atoms with Gasteiger partial charge in [0.1, 0.15) is 25.7 Å². The van der Waals surface area contributed by atoms with Crippen LogP contribution in [0.4, 0.5) is 11.4 Å². The molecule has 0 saturated heterocycles. The molecule has 0 saturated carbocycles. The van der Waals surface area contributed by atoms with Crippen LogP contribution in [-0.4, -0.2) is 60.8 Å². The van der Waals surface area contributed by atoms with Gasteiger partial charge in [0.25, 0.3) is 0 Å². The van der Waals surface area contributed by atoms with E-state index >= 15 is 0 Å². The van der Waals surface area contributed by atoms with Crippen LogP contribution in [0, 0.1) is 0 Å². The van der Waals surface area contributed by atoms with Crippen molar-refractivity contribution in [1.82, 2.24) is 0 Å². The van der Waals surface area contributed by atoms with Crippen LogP contribution in [0.25, 0.3) is 0 Å². The zero-order valence-corrected chi connectivity index (χ0v) is 13.9. The number of para-hydroxylation sites is 2. The third-order valence-electron chi connectivity index (χ3n) is 3.98. The Hall–Kier alpha value is -1.92. The monoisotopic (exact) mass is 331 g/mol. The second-order valence-corrected chi connectivity index (χ2v) is 5.84. The van der Waals surface area contributed by atoms with Gasteiger partial charge in [0, 0.05) is 11.4 Å². The highest BCUT2D eigenvalue weighted by atomic mass is 16.3. The average Bonchev–Trinajstić information content (AvgIpc) is 2.61. The van der Waals surface area contributed by atoms with Crippen molar-refractivity contribution < 1.29 is 20.2 Å². The predicted octanol–water partition coefficient (Wildman–Crippen LogP) is 0.0551.